The predicted octanol–water partition coefficient (Wildman–Crippen LogP) is -0.717. The van der Waals surface area contributed by atoms with E-state index in [1.165, 1.54) is 0 Å². The third kappa shape index (κ3) is 3.03. The molecule has 2 atom stereocenters. The molecule has 6 heteroatoms. The van der Waals surface area contributed by atoms with Crippen LogP contribution in [0, 0.1) is 5.41 Å². The summed E-state index contributed by atoms with van der Waals surface area (Å²) >= 11 is 0. The number of hydrogen-bond acceptors (Lipinski definition) is 4. The van der Waals surface area contributed by atoms with Crippen molar-refractivity contribution in [3.05, 3.63) is 0 Å². The van der Waals surface area contributed by atoms with E-state index in [2.05, 4.69) is 10.6 Å². The van der Waals surface area contributed by atoms with Gasteiger partial charge in [0.2, 0.25) is 17.7 Å². The van der Waals surface area contributed by atoms with E-state index in [4.69, 9.17) is 5.73 Å². The van der Waals surface area contributed by atoms with Gasteiger partial charge in [-0.15, -0.1) is 0 Å². The first-order valence-corrected chi connectivity index (χ1v) is 5.77. The van der Waals surface area contributed by atoms with Crippen LogP contribution >= 0.6 is 0 Å². The average Bonchev–Trinajstić information content (AvgIpc) is 2.31. The van der Waals surface area contributed by atoms with Crippen LogP contribution in [-0.4, -0.2) is 30.3 Å². The number of imide groups is 1. The van der Waals surface area contributed by atoms with Crippen molar-refractivity contribution in [2.24, 2.45) is 11.1 Å². The number of carbonyl (C=O) groups is 3. The molecule has 1 saturated heterocycles. The fourth-order valence-electron chi connectivity index (χ4n) is 1.56. The van der Waals surface area contributed by atoms with Gasteiger partial charge in [-0.2, -0.15) is 0 Å². The number of amides is 3. The summed E-state index contributed by atoms with van der Waals surface area (Å²) in [6, 6.07) is -0.627. The maximum Gasteiger partial charge on any atom is 0.249 e. The van der Waals surface area contributed by atoms with E-state index in [-0.39, 0.29) is 24.8 Å². The van der Waals surface area contributed by atoms with E-state index in [0.717, 1.165) is 0 Å². The Morgan fingerprint density at radius 3 is 2.71 bits per heavy atom. The Balaban J connectivity index is 2.63. The lowest BCUT2D eigenvalue weighted by Crippen LogP contribution is -2.55. The van der Waals surface area contributed by atoms with E-state index >= 15 is 0 Å². The predicted molar refractivity (Wildman–Crippen MR) is 61.8 cm³/mol. The molecule has 17 heavy (non-hydrogen) atoms. The molecular weight excluding hydrogens is 222 g/mol. The van der Waals surface area contributed by atoms with Crippen LogP contribution in [-0.2, 0) is 14.4 Å². The van der Waals surface area contributed by atoms with Gasteiger partial charge in [-0.3, -0.25) is 19.7 Å². The van der Waals surface area contributed by atoms with Crippen LogP contribution in [0.4, 0.5) is 0 Å². The molecular formula is C11H19N3O3. The molecule has 4 N–H and O–H groups in total. The molecule has 0 spiro atoms. The van der Waals surface area contributed by atoms with Gasteiger partial charge in [0.15, 0.2) is 0 Å². The molecule has 96 valence electrons. The van der Waals surface area contributed by atoms with E-state index in [9.17, 15) is 14.4 Å². The van der Waals surface area contributed by atoms with Gasteiger partial charge in [0.25, 0.3) is 0 Å². The second-order valence-electron chi connectivity index (χ2n) is 4.60. The summed E-state index contributed by atoms with van der Waals surface area (Å²) in [7, 11) is 0. The minimum absolute atomic E-state index is 0.225. The molecule has 3 amide bonds. The third-order valence-corrected chi connectivity index (χ3v) is 3.32. The summed E-state index contributed by atoms with van der Waals surface area (Å²) in [5.41, 5.74) is 4.90. The van der Waals surface area contributed by atoms with Gasteiger partial charge in [-0.05, 0) is 19.8 Å². The first-order chi connectivity index (χ1) is 7.92. The largest absolute Gasteiger partial charge is 0.344 e. The van der Waals surface area contributed by atoms with Crippen molar-refractivity contribution < 1.29 is 14.4 Å². The van der Waals surface area contributed by atoms with Gasteiger partial charge in [0.1, 0.15) is 6.04 Å². The van der Waals surface area contributed by atoms with Crippen LogP contribution in [0.15, 0.2) is 0 Å². The van der Waals surface area contributed by atoms with Crippen molar-refractivity contribution in [2.45, 2.75) is 39.2 Å². The van der Waals surface area contributed by atoms with Crippen molar-refractivity contribution in [2.75, 3.05) is 6.54 Å². The minimum Gasteiger partial charge on any atom is -0.344 e. The van der Waals surface area contributed by atoms with Crippen molar-refractivity contribution in [3.8, 4) is 0 Å². The summed E-state index contributed by atoms with van der Waals surface area (Å²) < 4.78 is 0. The van der Waals surface area contributed by atoms with Gasteiger partial charge in [-0.25, -0.2) is 0 Å². The standard InChI is InChI=1S/C11H19N3O3/c1-3-11(2,6-12)10(17)13-7-4-5-8(15)14-9(7)16/h7H,3-6,12H2,1-2H3,(H,13,17)(H,14,15,16). The zero-order valence-corrected chi connectivity index (χ0v) is 10.2. The summed E-state index contributed by atoms with van der Waals surface area (Å²) in [6.07, 6.45) is 1.20. The summed E-state index contributed by atoms with van der Waals surface area (Å²) in [6.45, 7) is 3.85. The van der Waals surface area contributed by atoms with Crippen LogP contribution in [0.1, 0.15) is 33.1 Å². The second-order valence-corrected chi connectivity index (χ2v) is 4.60. The summed E-state index contributed by atoms with van der Waals surface area (Å²) in [4.78, 5) is 34.4. The van der Waals surface area contributed by atoms with E-state index in [1.807, 2.05) is 6.92 Å². The quantitative estimate of drug-likeness (QED) is 0.565. The minimum atomic E-state index is -0.665. The molecule has 0 radical (unpaired) electrons. The molecule has 0 saturated carbocycles. The molecule has 1 heterocycles. The summed E-state index contributed by atoms with van der Waals surface area (Å²) in [5.74, 6) is -0.973. The van der Waals surface area contributed by atoms with Gasteiger partial charge in [0, 0.05) is 13.0 Å². The van der Waals surface area contributed by atoms with Crippen molar-refractivity contribution in [3.63, 3.8) is 0 Å². The molecule has 2 unspecified atom stereocenters. The van der Waals surface area contributed by atoms with Gasteiger partial charge in [0.05, 0.1) is 5.41 Å². The van der Waals surface area contributed by atoms with Crippen LogP contribution in [0.25, 0.3) is 0 Å². The lowest BCUT2D eigenvalue weighted by molar-refractivity contribution is -0.139. The van der Waals surface area contributed by atoms with Crippen LogP contribution in [0.2, 0.25) is 0 Å². The highest BCUT2D eigenvalue weighted by atomic mass is 16.2. The Hall–Kier alpha value is -1.43. The Kier molecular flexibility index (Phi) is 4.22. The number of piperidine rings is 1. The number of hydrogen-bond donors (Lipinski definition) is 3. The van der Waals surface area contributed by atoms with Crippen LogP contribution < -0.4 is 16.4 Å². The number of carbonyl (C=O) groups excluding carboxylic acids is 3. The number of nitrogens with two attached hydrogens (primary N) is 1. The molecule has 6 nitrogen and oxygen atoms in total. The zero-order chi connectivity index (χ0) is 13.1. The highest BCUT2D eigenvalue weighted by molar-refractivity contribution is 6.02. The fraction of sp³-hybridized carbons (Fsp3) is 0.727. The Bertz CT molecular complexity index is 337. The second kappa shape index (κ2) is 5.27. The summed E-state index contributed by atoms with van der Waals surface area (Å²) in [5, 5.41) is 4.85. The van der Waals surface area contributed by atoms with Crippen molar-refractivity contribution in [1.29, 1.82) is 0 Å². The van der Waals surface area contributed by atoms with Crippen LogP contribution in [0.5, 0.6) is 0 Å². The van der Waals surface area contributed by atoms with Gasteiger partial charge in [-0.1, -0.05) is 6.92 Å². The van der Waals surface area contributed by atoms with E-state index < -0.39 is 17.4 Å². The number of nitrogens with one attached hydrogen (secondary N) is 2. The molecule has 0 aliphatic carbocycles. The molecule has 0 bridgehead atoms. The Labute approximate surface area is 100 Å². The van der Waals surface area contributed by atoms with Gasteiger partial charge >= 0.3 is 0 Å². The molecule has 1 aliphatic heterocycles. The third-order valence-electron chi connectivity index (χ3n) is 3.32. The number of rotatable bonds is 4. The normalized spacial score (nSPS) is 23.8. The molecule has 0 aromatic carbocycles. The molecule has 0 aromatic rings. The van der Waals surface area contributed by atoms with Gasteiger partial charge < -0.3 is 11.1 Å². The molecule has 1 fully saturated rings. The Morgan fingerprint density at radius 2 is 2.24 bits per heavy atom. The van der Waals surface area contributed by atoms with E-state index in [1.54, 1.807) is 6.92 Å². The lowest BCUT2D eigenvalue weighted by Gasteiger charge is -2.29. The molecule has 1 rings (SSSR count). The smallest absolute Gasteiger partial charge is 0.249 e. The highest BCUT2D eigenvalue weighted by Crippen LogP contribution is 2.20. The van der Waals surface area contributed by atoms with Crippen molar-refractivity contribution in [1.82, 2.24) is 10.6 Å². The van der Waals surface area contributed by atoms with Crippen LogP contribution in [0.3, 0.4) is 0 Å². The first kappa shape index (κ1) is 13.6. The molecule has 0 aromatic heterocycles. The maximum atomic E-state index is 12.0. The Morgan fingerprint density at radius 1 is 1.59 bits per heavy atom. The first-order valence-electron chi connectivity index (χ1n) is 5.77. The zero-order valence-electron chi connectivity index (χ0n) is 10.2. The topological polar surface area (TPSA) is 101 Å². The fourth-order valence-corrected chi connectivity index (χ4v) is 1.56. The van der Waals surface area contributed by atoms with E-state index in [0.29, 0.717) is 12.8 Å². The highest BCUT2D eigenvalue weighted by Gasteiger charge is 2.34. The average molecular weight is 241 g/mol. The maximum absolute atomic E-state index is 12.0. The molecule has 1 aliphatic rings. The SMILES string of the molecule is CCC(C)(CN)C(=O)NC1CCC(=O)NC1=O. The van der Waals surface area contributed by atoms with Crippen molar-refractivity contribution >= 4 is 17.7 Å². The monoisotopic (exact) mass is 241 g/mol. The lowest BCUT2D eigenvalue weighted by atomic mass is 9.86.